The predicted molar refractivity (Wildman–Crippen MR) is 96.5 cm³/mol. The fourth-order valence-electron chi connectivity index (χ4n) is 2.81. The number of quaternary nitrogens is 1. The molecule has 1 unspecified atom stereocenters. The molecule has 0 bridgehead atoms. The normalized spacial score (nSPS) is 15.0. The standard InChI is InChI=1S/C16H36NO2S2/c1-5-8-12-17(13-9-6-2,14-10-7-3)15-11-16-21(18,20)19-4/h5-16H2,1-4H3/q+1. The second-order valence-electron chi connectivity index (χ2n) is 6.08. The van der Waals surface area contributed by atoms with E-state index in [2.05, 4.69) is 20.8 Å². The molecule has 0 saturated heterocycles. The van der Waals surface area contributed by atoms with Gasteiger partial charge in [0.25, 0.3) is 0 Å². The second kappa shape index (κ2) is 11.8. The molecule has 0 aliphatic rings. The maximum absolute atomic E-state index is 11.9. The minimum Gasteiger partial charge on any atom is -0.324 e. The van der Waals surface area contributed by atoms with Crippen molar-refractivity contribution in [2.75, 3.05) is 39.0 Å². The molecule has 0 amide bonds. The average molecular weight is 339 g/mol. The molecule has 0 radical (unpaired) electrons. The molecule has 0 rings (SSSR count). The topological polar surface area (TPSA) is 26.3 Å². The molecule has 0 heterocycles. The Balaban J connectivity index is 4.69. The molecule has 3 nitrogen and oxygen atoms in total. The summed E-state index contributed by atoms with van der Waals surface area (Å²) in [6, 6.07) is 0. The predicted octanol–water partition coefficient (Wildman–Crippen LogP) is 3.90. The van der Waals surface area contributed by atoms with E-state index < -0.39 is 8.77 Å². The van der Waals surface area contributed by atoms with Crippen molar-refractivity contribution in [2.24, 2.45) is 0 Å². The lowest BCUT2D eigenvalue weighted by molar-refractivity contribution is -0.928. The van der Waals surface area contributed by atoms with Crippen LogP contribution in [0, 0.1) is 0 Å². The summed E-state index contributed by atoms with van der Waals surface area (Å²) in [6.07, 6.45) is 8.48. The van der Waals surface area contributed by atoms with Crippen LogP contribution in [0.15, 0.2) is 0 Å². The smallest absolute Gasteiger partial charge is 0.143 e. The molecule has 0 aromatic carbocycles. The maximum atomic E-state index is 11.9. The number of unbranched alkanes of at least 4 members (excludes halogenated alkanes) is 3. The Morgan fingerprint density at radius 2 is 1.24 bits per heavy atom. The first-order valence-electron chi connectivity index (χ1n) is 8.58. The van der Waals surface area contributed by atoms with Gasteiger partial charge in [0, 0.05) is 17.6 Å². The van der Waals surface area contributed by atoms with Crippen molar-refractivity contribution in [3.8, 4) is 0 Å². The zero-order chi connectivity index (χ0) is 16.2. The number of hydrogen-bond acceptors (Lipinski definition) is 3. The molecule has 0 saturated carbocycles. The highest BCUT2D eigenvalue weighted by atomic mass is 32.8. The number of hydrogen-bond donors (Lipinski definition) is 0. The fraction of sp³-hybridized carbons (Fsp3) is 1.00. The first-order valence-corrected chi connectivity index (χ1v) is 11.2. The lowest BCUT2D eigenvalue weighted by atomic mass is 10.1. The van der Waals surface area contributed by atoms with Crippen LogP contribution in [0.5, 0.6) is 0 Å². The third kappa shape index (κ3) is 9.82. The van der Waals surface area contributed by atoms with Crippen molar-refractivity contribution in [1.29, 1.82) is 0 Å². The van der Waals surface area contributed by atoms with E-state index in [-0.39, 0.29) is 0 Å². The molecule has 0 aliphatic carbocycles. The molecule has 0 spiro atoms. The summed E-state index contributed by atoms with van der Waals surface area (Å²) in [6.45, 7) is 11.6. The molecule has 0 N–H and O–H groups in total. The second-order valence-corrected chi connectivity index (χ2v) is 9.46. The van der Waals surface area contributed by atoms with E-state index in [1.165, 1.54) is 69.8 Å². The highest BCUT2D eigenvalue weighted by Crippen LogP contribution is 2.16. The van der Waals surface area contributed by atoms with Crippen LogP contribution >= 0.6 is 0 Å². The summed E-state index contributed by atoms with van der Waals surface area (Å²) < 4.78 is 18.0. The minimum atomic E-state index is -2.48. The van der Waals surface area contributed by atoms with Gasteiger partial charge in [-0.2, -0.15) is 0 Å². The zero-order valence-electron chi connectivity index (χ0n) is 14.6. The Kier molecular flexibility index (Phi) is 12.0. The van der Waals surface area contributed by atoms with Gasteiger partial charge in [-0.15, -0.1) is 0 Å². The Bertz CT molecular complexity index is 320. The first-order chi connectivity index (χ1) is 9.95. The summed E-state index contributed by atoms with van der Waals surface area (Å²) in [4.78, 5) is 0. The van der Waals surface area contributed by atoms with Crippen molar-refractivity contribution < 1.29 is 12.9 Å². The van der Waals surface area contributed by atoms with E-state index in [9.17, 15) is 4.21 Å². The van der Waals surface area contributed by atoms with Gasteiger partial charge in [-0.1, -0.05) is 40.0 Å². The van der Waals surface area contributed by atoms with Crippen molar-refractivity contribution >= 4 is 20.0 Å². The molecule has 0 aliphatic heterocycles. The van der Waals surface area contributed by atoms with Crippen LogP contribution in [0.2, 0.25) is 0 Å². The van der Waals surface area contributed by atoms with Gasteiger partial charge in [0.15, 0.2) is 0 Å². The Labute approximate surface area is 137 Å². The van der Waals surface area contributed by atoms with Gasteiger partial charge in [-0.3, -0.25) is 4.18 Å². The van der Waals surface area contributed by atoms with Crippen molar-refractivity contribution in [2.45, 2.75) is 65.7 Å². The fourth-order valence-corrected chi connectivity index (χ4v) is 3.81. The van der Waals surface area contributed by atoms with Crippen LogP contribution in [-0.2, 0) is 24.1 Å². The third-order valence-corrected chi connectivity index (χ3v) is 6.44. The molecule has 128 valence electrons. The van der Waals surface area contributed by atoms with Crippen molar-refractivity contribution in [3.63, 3.8) is 0 Å². The molecule has 0 fully saturated rings. The van der Waals surface area contributed by atoms with E-state index in [1.54, 1.807) is 0 Å². The lowest BCUT2D eigenvalue weighted by Gasteiger charge is -2.39. The van der Waals surface area contributed by atoms with Crippen LogP contribution in [0.3, 0.4) is 0 Å². The Morgan fingerprint density at radius 1 is 0.857 bits per heavy atom. The monoisotopic (exact) mass is 338 g/mol. The van der Waals surface area contributed by atoms with Gasteiger partial charge in [0.2, 0.25) is 0 Å². The van der Waals surface area contributed by atoms with E-state index >= 15 is 0 Å². The molecule has 21 heavy (non-hydrogen) atoms. The molecule has 1 atom stereocenters. The number of nitrogens with zero attached hydrogens (tertiary/aromatic N) is 1. The van der Waals surface area contributed by atoms with Gasteiger partial charge >= 0.3 is 0 Å². The van der Waals surface area contributed by atoms with Crippen LogP contribution < -0.4 is 0 Å². The van der Waals surface area contributed by atoms with Gasteiger partial charge in [0.1, 0.15) is 8.77 Å². The highest BCUT2D eigenvalue weighted by molar-refractivity contribution is 8.30. The summed E-state index contributed by atoms with van der Waals surface area (Å²) in [5.41, 5.74) is 0. The summed E-state index contributed by atoms with van der Waals surface area (Å²) in [5, 5.41) is 0. The van der Waals surface area contributed by atoms with Gasteiger partial charge in [-0.25, -0.2) is 4.21 Å². The van der Waals surface area contributed by atoms with Crippen molar-refractivity contribution in [1.82, 2.24) is 0 Å². The third-order valence-electron chi connectivity index (χ3n) is 4.24. The molecule has 0 aromatic heterocycles. The summed E-state index contributed by atoms with van der Waals surface area (Å²) >= 11 is 4.99. The first kappa shape index (κ1) is 21.3. The highest BCUT2D eigenvalue weighted by Gasteiger charge is 2.25. The van der Waals surface area contributed by atoms with Gasteiger partial charge in [-0.05, 0) is 19.3 Å². The van der Waals surface area contributed by atoms with Gasteiger partial charge in [0.05, 0.1) is 39.0 Å². The minimum absolute atomic E-state index is 0.517. The van der Waals surface area contributed by atoms with E-state index in [1.807, 2.05) is 0 Å². The average Bonchev–Trinajstić information content (AvgIpc) is 2.48. The molecular weight excluding hydrogens is 302 g/mol. The van der Waals surface area contributed by atoms with E-state index in [0.29, 0.717) is 5.75 Å². The molecular formula is C16H36NO2S2+. The van der Waals surface area contributed by atoms with Crippen LogP contribution in [0.1, 0.15) is 65.7 Å². The van der Waals surface area contributed by atoms with Gasteiger partial charge < -0.3 is 4.48 Å². The lowest BCUT2D eigenvalue weighted by Crippen LogP contribution is -2.51. The van der Waals surface area contributed by atoms with Crippen LogP contribution in [0.4, 0.5) is 0 Å². The number of rotatable bonds is 14. The Hall–Kier alpha value is 0.290. The van der Waals surface area contributed by atoms with Crippen LogP contribution in [-0.4, -0.2) is 47.7 Å². The molecule has 0 aromatic rings. The summed E-state index contributed by atoms with van der Waals surface area (Å²) in [7, 11) is -1.02. The quantitative estimate of drug-likeness (QED) is 0.449. The van der Waals surface area contributed by atoms with Crippen molar-refractivity contribution in [3.05, 3.63) is 0 Å². The Morgan fingerprint density at radius 3 is 1.57 bits per heavy atom. The van der Waals surface area contributed by atoms with E-state index in [4.69, 9.17) is 15.4 Å². The molecule has 5 heteroatoms. The van der Waals surface area contributed by atoms with E-state index in [0.717, 1.165) is 13.0 Å². The van der Waals surface area contributed by atoms with Crippen LogP contribution in [0.25, 0.3) is 0 Å². The SMILES string of the molecule is CCCC[N+](CCCC)(CCCC)CCCS(=O)(=S)OC. The maximum Gasteiger partial charge on any atom is 0.143 e. The summed E-state index contributed by atoms with van der Waals surface area (Å²) in [5.74, 6) is 0.517. The largest absolute Gasteiger partial charge is 0.324 e. The zero-order valence-corrected chi connectivity index (χ0v) is 16.2.